The molecule has 18 heavy (non-hydrogen) atoms. The molecular weight excluding hydrogens is 301 g/mol. The third-order valence-corrected chi connectivity index (χ3v) is 3.19. The van der Waals surface area contributed by atoms with Crippen molar-refractivity contribution in [3.8, 4) is 11.8 Å². The molecule has 0 saturated heterocycles. The van der Waals surface area contributed by atoms with Gasteiger partial charge >= 0.3 is 5.97 Å². The molecule has 3 nitrogen and oxygen atoms in total. The van der Waals surface area contributed by atoms with Gasteiger partial charge in [0.1, 0.15) is 5.82 Å². The maximum absolute atomic E-state index is 13.3. The van der Waals surface area contributed by atoms with Crippen molar-refractivity contribution in [2.45, 2.75) is 25.7 Å². The van der Waals surface area contributed by atoms with Crippen LogP contribution in [-0.4, -0.2) is 11.1 Å². The molecule has 0 radical (unpaired) electrons. The number of carboxylic acids is 1. The van der Waals surface area contributed by atoms with Gasteiger partial charge in [0.2, 0.25) is 0 Å². The van der Waals surface area contributed by atoms with Crippen molar-refractivity contribution in [3.63, 3.8) is 0 Å². The van der Waals surface area contributed by atoms with Crippen LogP contribution in [0.15, 0.2) is 16.6 Å². The Balaban J connectivity index is 3.12. The average Bonchev–Trinajstić information content (AvgIpc) is 2.29. The number of aliphatic carboxylic acids is 1. The van der Waals surface area contributed by atoms with Crippen LogP contribution in [0, 0.1) is 17.7 Å². The van der Waals surface area contributed by atoms with Gasteiger partial charge in [-0.1, -0.05) is 0 Å². The number of carboxylic acid groups (broad SMARTS) is 1. The Morgan fingerprint density at radius 1 is 1.61 bits per heavy atom. The summed E-state index contributed by atoms with van der Waals surface area (Å²) in [5.74, 6) is 3.09. The lowest BCUT2D eigenvalue weighted by atomic mass is 9.93. The van der Waals surface area contributed by atoms with E-state index in [1.807, 2.05) is 0 Å². The first-order valence-corrected chi connectivity index (χ1v) is 6.13. The van der Waals surface area contributed by atoms with E-state index in [2.05, 4.69) is 27.8 Å². The summed E-state index contributed by atoms with van der Waals surface area (Å²) in [6.45, 7) is 1.68. The fraction of sp³-hybridized carbons (Fsp3) is 0.308. The van der Waals surface area contributed by atoms with Crippen molar-refractivity contribution in [2.75, 3.05) is 5.73 Å². The summed E-state index contributed by atoms with van der Waals surface area (Å²) in [6, 6.07) is 2.38. The number of hydrogen-bond acceptors (Lipinski definition) is 2. The van der Waals surface area contributed by atoms with E-state index in [4.69, 9.17) is 5.73 Å². The highest BCUT2D eigenvalue weighted by Crippen LogP contribution is 2.32. The number of anilines is 1. The summed E-state index contributed by atoms with van der Waals surface area (Å²) >= 11 is 3.11. The maximum atomic E-state index is 13.3. The van der Waals surface area contributed by atoms with Crippen LogP contribution in [0.2, 0.25) is 0 Å². The standard InChI is InChI=1S/C13H13BrFNO2/c1-2-3-4-5-9(13(17)18)10-6-8(15)7-11(14)12(10)16/h6-7,9H,4-5,16H2,1H3,(H,17,18). The minimum Gasteiger partial charge on any atom is -0.481 e. The van der Waals surface area contributed by atoms with Crippen LogP contribution in [0.3, 0.4) is 0 Å². The Morgan fingerprint density at radius 3 is 2.83 bits per heavy atom. The minimum atomic E-state index is -1.03. The second kappa shape index (κ2) is 6.41. The molecule has 0 aromatic heterocycles. The van der Waals surface area contributed by atoms with E-state index in [1.165, 1.54) is 6.07 Å². The maximum Gasteiger partial charge on any atom is 0.311 e. The van der Waals surface area contributed by atoms with Crippen molar-refractivity contribution in [1.82, 2.24) is 0 Å². The lowest BCUT2D eigenvalue weighted by molar-refractivity contribution is -0.138. The van der Waals surface area contributed by atoms with Crippen molar-refractivity contribution in [3.05, 3.63) is 28.0 Å². The summed E-state index contributed by atoms with van der Waals surface area (Å²) in [5.41, 5.74) is 6.32. The molecule has 0 fully saturated rings. The Hall–Kier alpha value is -1.54. The monoisotopic (exact) mass is 313 g/mol. The first-order chi connectivity index (χ1) is 8.47. The Labute approximate surface area is 113 Å². The van der Waals surface area contributed by atoms with E-state index < -0.39 is 17.7 Å². The van der Waals surface area contributed by atoms with Crippen LogP contribution in [0.4, 0.5) is 10.1 Å². The first-order valence-electron chi connectivity index (χ1n) is 5.34. The molecule has 1 atom stereocenters. The lowest BCUT2D eigenvalue weighted by Crippen LogP contribution is -2.14. The van der Waals surface area contributed by atoms with Crippen LogP contribution in [-0.2, 0) is 4.79 Å². The topological polar surface area (TPSA) is 63.3 Å². The van der Waals surface area contributed by atoms with Crippen LogP contribution in [0.1, 0.15) is 31.2 Å². The van der Waals surface area contributed by atoms with Gasteiger partial charge in [0.05, 0.1) is 11.6 Å². The number of carbonyl (C=O) groups is 1. The average molecular weight is 314 g/mol. The zero-order valence-corrected chi connectivity index (χ0v) is 11.4. The smallest absolute Gasteiger partial charge is 0.311 e. The summed E-state index contributed by atoms with van der Waals surface area (Å²) in [4.78, 5) is 11.2. The lowest BCUT2D eigenvalue weighted by Gasteiger charge is -2.15. The number of nitrogens with two attached hydrogens (primary N) is 1. The molecule has 3 N–H and O–H groups in total. The first kappa shape index (κ1) is 14.5. The Bertz CT molecular complexity index is 520. The molecule has 1 aromatic rings. The Morgan fingerprint density at radius 2 is 2.28 bits per heavy atom. The van der Waals surface area contributed by atoms with Crippen molar-refractivity contribution >= 4 is 27.6 Å². The fourth-order valence-corrected chi connectivity index (χ4v) is 2.09. The van der Waals surface area contributed by atoms with Crippen LogP contribution < -0.4 is 5.73 Å². The molecule has 1 rings (SSSR count). The summed E-state index contributed by atoms with van der Waals surface area (Å²) in [5, 5.41) is 9.19. The van der Waals surface area contributed by atoms with Crippen molar-refractivity contribution in [1.29, 1.82) is 0 Å². The zero-order chi connectivity index (χ0) is 13.7. The fourth-order valence-electron chi connectivity index (χ4n) is 1.65. The molecule has 1 aromatic carbocycles. The van der Waals surface area contributed by atoms with Gasteiger partial charge in [-0.2, -0.15) is 0 Å². The molecule has 0 aliphatic rings. The molecule has 0 amide bonds. The van der Waals surface area contributed by atoms with Gasteiger partial charge in [-0.05, 0) is 47.0 Å². The van der Waals surface area contributed by atoms with E-state index in [-0.39, 0.29) is 11.3 Å². The number of halogens is 2. The van der Waals surface area contributed by atoms with E-state index in [0.29, 0.717) is 17.3 Å². The van der Waals surface area contributed by atoms with E-state index in [1.54, 1.807) is 6.92 Å². The van der Waals surface area contributed by atoms with Gasteiger partial charge in [0.15, 0.2) is 0 Å². The van der Waals surface area contributed by atoms with E-state index in [9.17, 15) is 14.3 Å². The predicted molar refractivity (Wildman–Crippen MR) is 71.6 cm³/mol. The molecular formula is C13H13BrFNO2. The molecule has 5 heteroatoms. The molecule has 0 aliphatic carbocycles. The predicted octanol–water partition coefficient (Wildman–Crippen LogP) is 3.14. The number of hydrogen-bond donors (Lipinski definition) is 2. The molecule has 0 aliphatic heterocycles. The van der Waals surface area contributed by atoms with Crippen molar-refractivity contribution < 1.29 is 14.3 Å². The van der Waals surface area contributed by atoms with Gasteiger partial charge < -0.3 is 10.8 Å². The zero-order valence-electron chi connectivity index (χ0n) is 9.84. The second-order valence-corrected chi connectivity index (χ2v) is 4.60. The van der Waals surface area contributed by atoms with Crippen LogP contribution in [0.5, 0.6) is 0 Å². The summed E-state index contributed by atoms with van der Waals surface area (Å²) < 4.78 is 13.7. The highest BCUT2D eigenvalue weighted by molar-refractivity contribution is 9.10. The minimum absolute atomic E-state index is 0.258. The molecule has 0 heterocycles. The quantitative estimate of drug-likeness (QED) is 0.663. The van der Waals surface area contributed by atoms with E-state index in [0.717, 1.165) is 6.07 Å². The van der Waals surface area contributed by atoms with Crippen LogP contribution in [0.25, 0.3) is 0 Å². The normalized spacial score (nSPS) is 11.5. The SMILES string of the molecule is CC#CCCC(C(=O)O)c1cc(F)cc(Br)c1N. The van der Waals surface area contributed by atoms with Crippen LogP contribution >= 0.6 is 15.9 Å². The molecule has 0 saturated carbocycles. The van der Waals surface area contributed by atoms with Gasteiger partial charge in [-0.3, -0.25) is 4.79 Å². The second-order valence-electron chi connectivity index (χ2n) is 3.75. The highest BCUT2D eigenvalue weighted by atomic mass is 79.9. The molecule has 0 spiro atoms. The van der Waals surface area contributed by atoms with Crippen molar-refractivity contribution in [2.24, 2.45) is 0 Å². The number of benzene rings is 1. The van der Waals surface area contributed by atoms with E-state index >= 15 is 0 Å². The van der Waals surface area contributed by atoms with Gasteiger partial charge in [-0.15, -0.1) is 11.8 Å². The van der Waals surface area contributed by atoms with Gasteiger partial charge in [0.25, 0.3) is 0 Å². The Kier molecular flexibility index (Phi) is 5.17. The largest absolute Gasteiger partial charge is 0.481 e. The molecule has 1 unspecified atom stereocenters. The summed E-state index contributed by atoms with van der Waals surface area (Å²) in [7, 11) is 0. The number of rotatable bonds is 4. The third kappa shape index (κ3) is 3.47. The van der Waals surface area contributed by atoms with Gasteiger partial charge in [-0.25, -0.2) is 4.39 Å². The number of nitrogen functional groups attached to an aromatic ring is 1. The molecule has 0 bridgehead atoms. The highest BCUT2D eigenvalue weighted by Gasteiger charge is 2.23. The third-order valence-electron chi connectivity index (χ3n) is 2.53. The molecule has 96 valence electrons. The van der Waals surface area contributed by atoms with Gasteiger partial charge in [0, 0.05) is 10.9 Å². The summed E-state index contributed by atoms with van der Waals surface area (Å²) in [6.07, 6.45) is 0.733.